The first-order chi connectivity index (χ1) is 8.58. The molecule has 1 aromatic carbocycles. The Hall–Kier alpha value is -1.69. The second-order valence-corrected chi connectivity index (χ2v) is 4.21. The summed E-state index contributed by atoms with van der Waals surface area (Å²) in [6.45, 7) is 1.16. The van der Waals surface area contributed by atoms with Gasteiger partial charge < -0.3 is 15.8 Å². The number of anilines is 1. The number of rotatable bonds is 2. The minimum atomic E-state index is -0.924. The largest absolute Gasteiger partial charge is 0.394 e. The number of hydrogen-bond donors (Lipinski definition) is 2. The zero-order valence-corrected chi connectivity index (χ0v) is 9.71. The highest BCUT2D eigenvalue weighted by atomic mass is 19.1. The fourth-order valence-electron chi connectivity index (χ4n) is 1.83. The van der Waals surface area contributed by atoms with Crippen LogP contribution in [0.2, 0.25) is 0 Å². The van der Waals surface area contributed by atoms with Crippen LogP contribution >= 0.6 is 0 Å². The molecule has 18 heavy (non-hydrogen) atoms. The molecule has 0 spiro atoms. The summed E-state index contributed by atoms with van der Waals surface area (Å²) in [6.07, 6.45) is 1.40. The lowest BCUT2D eigenvalue weighted by Gasteiger charge is -2.23. The third-order valence-corrected chi connectivity index (χ3v) is 2.90. The van der Waals surface area contributed by atoms with Gasteiger partial charge in [-0.15, -0.1) is 0 Å². The van der Waals surface area contributed by atoms with Gasteiger partial charge in [-0.05, 0) is 25.0 Å². The number of nitrogens with two attached hydrogens (primary N) is 1. The Morgan fingerprint density at radius 2 is 1.83 bits per heavy atom. The van der Waals surface area contributed by atoms with Crippen LogP contribution in [0.3, 0.4) is 0 Å². The number of hydrogen-bond acceptors (Lipinski definition) is 3. The molecule has 1 heterocycles. The Labute approximate surface area is 103 Å². The van der Waals surface area contributed by atoms with Crippen LogP contribution in [0.5, 0.6) is 0 Å². The molecule has 4 nitrogen and oxygen atoms in total. The van der Waals surface area contributed by atoms with Crippen LogP contribution in [-0.4, -0.2) is 25.2 Å². The average Bonchev–Trinajstić information content (AvgIpc) is 2.36. The van der Waals surface area contributed by atoms with Crippen molar-refractivity contribution in [2.24, 2.45) is 0 Å². The standard InChI is InChI=1S/C12H14F2N2O2/c13-9-5-7(6-10(14)11(9)15)12(17)16-8-1-3-18-4-2-8/h5-6,8H,1-4,15H2,(H,16,17). The van der Waals surface area contributed by atoms with Crippen molar-refractivity contribution < 1.29 is 18.3 Å². The first-order valence-electron chi connectivity index (χ1n) is 5.71. The Bertz CT molecular complexity index is 436. The number of nitrogen functional groups attached to an aromatic ring is 1. The molecule has 1 aromatic rings. The molecule has 0 saturated carbocycles. The molecule has 98 valence electrons. The molecule has 0 aliphatic carbocycles. The predicted molar refractivity (Wildman–Crippen MR) is 62.1 cm³/mol. The summed E-state index contributed by atoms with van der Waals surface area (Å²) in [5.41, 5.74) is 4.50. The number of halogens is 2. The second kappa shape index (κ2) is 5.30. The zero-order chi connectivity index (χ0) is 13.1. The Balaban J connectivity index is 2.08. The summed E-state index contributed by atoms with van der Waals surface area (Å²) < 4.78 is 31.6. The quantitative estimate of drug-likeness (QED) is 0.787. The molecule has 1 aliphatic rings. The minimum Gasteiger partial charge on any atom is -0.394 e. The van der Waals surface area contributed by atoms with Crippen molar-refractivity contribution in [3.63, 3.8) is 0 Å². The minimum absolute atomic E-state index is 0.0186. The summed E-state index contributed by atoms with van der Waals surface area (Å²) in [6, 6.07) is 1.86. The van der Waals surface area contributed by atoms with Crippen molar-refractivity contribution in [3.05, 3.63) is 29.3 Å². The van der Waals surface area contributed by atoms with E-state index in [0.29, 0.717) is 26.1 Å². The maximum absolute atomic E-state index is 13.2. The van der Waals surface area contributed by atoms with Crippen molar-refractivity contribution >= 4 is 11.6 Å². The summed E-state index contributed by atoms with van der Waals surface area (Å²) in [4.78, 5) is 11.8. The van der Waals surface area contributed by atoms with E-state index in [2.05, 4.69) is 5.32 Å². The number of amides is 1. The second-order valence-electron chi connectivity index (χ2n) is 4.21. The maximum atomic E-state index is 13.2. The molecule has 0 radical (unpaired) electrons. The van der Waals surface area contributed by atoms with Crippen molar-refractivity contribution in [1.82, 2.24) is 5.32 Å². The number of nitrogens with one attached hydrogen (secondary N) is 1. The molecule has 1 saturated heterocycles. The summed E-state index contributed by atoms with van der Waals surface area (Å²) in [5, 5.41) is 2.72. The highest BCUT2D eigenvalue weighted by molar-refractivity contribution is 5.94. The van der Waals surface area contributed by atoms with Gasteiger partial charge in [-0.2, -0.15) is 0 Å². The van der Waals surface area contributed by atoms with Gasteiger partial charge in [0.1, 0.15) is 17.3 Å². The summed E-state index contributed by atoms with van der Waals surface area (Å²) >= 11 is 0. The fraction of sp³-hybridized carbons (Fsp3) is 0.417. The first kappa shape index (κ1) is 12.8. The third-order valence-electron chi connectivity index (χ3n) is 2.90. The van der Waals surface area contributed by atoms with Gasteiger partial charge in [0, 0.05) is 24.8 Å². The highest BCUT2D eigenvalue weighted by Gasteiger charge is 2.18. The summed E-state index contributed by atoms with van der Waals surface area (Å²) in [7, 11) is 0. The lowest BCUT2D eigenvalue weighted by atomic mass is 10.1. The molecule has 0 bridgehead atoms. The van der Waals surface area contributed by atoms with E-state index in [9.17, 15) is 13.6 Å². The molecular weight excluding hydrogens is 242 g/mol. The zero-order valence-electron chi connectivity index (χ0n) is 9.71. The maximum Gasteiger partial charge on any atom is 0.251 e. The van der Waals surface area contributed by atoms with Gasteiger partial charge in [-0.1, -0.05) is 0 Å². The SMILES string of the molecule is Nc1c(F)cc(C(=O)NC2CCOCC2)cc1F. The van der Waals surface area contributed by atoms with Crippen LogP contribution in [0.1, 0.15) is 23.2 Å². The number of ether oxygens (including phenoxy) is 1. The molecule has 2 rings (SSSR count). The van der Waals surface area contributed by atoms with Crippen LogP contribution in [-0.2, 0) is 4.74 Å². The van der Waals surface area contributed by atoms with Gasteiger partial charge in [0.05, 0.1) is 0 Å². The molecule has 1 fully saturated rings. The molecule has 0 aromatic heterocycles. The number of carbonyl (C=O) groups is 1. The van der Waals surface area contributed by atoms with Crippen molar-refractivity contribution in [2.75, 3.05) is 18.9 Å². The van der Waals surface area contributed by atoms with Crippen molar-refractivity contribution in [2.45, 2.75) is 18.9 Å². The van der Waals surface area contributed by atoms with Gasteiger partial charge in [0.25, 0.3) is 5.91 Å². The van der Waals surface area contributed by atoms with Gasteiger partial charge in [-0.25, -0.2) is 8.78 Å². The number of carbonyl (C=O) groups excluding carboxylic acids is 1. The van der Waals surface area contributed by atoms with Gasteiger partial charge in [-0.3, -0.25) is 4.79 Å². The molecule has 6 heteroatoms. The molecule has 1 amide bonds. The Morgan fingerprint density at radius 1 is 1.28 bits per heavy atom. The number of benzene rings is 1. The monoisotopic (exact) mass is 256 g/mol. The predicted octanol–water partition coefficient (Wildman–Crippen LogP) is 1.46. The van der Waals surface area contributed by atoms with E-state index in [1.54, 1.807) is 0 Å². The lowest BCUT2D eigenvalue weighted by molar-refractivity contribution is 0.0696. The Morgan fingerprint density at radius 3 is 2.39 bits per heavy atom. The van der Waals surface area contributed by atoms with Crippen LogP contribution in [0.25, 0.3) is 0 Å². The summed E-state index contributed by atoms with van der Waals surface area (Å²) in [5.74, 6) is -2.35. The van der Waals surface area contributed by atoms with Gasteiger partial charge >= 0.3 is 0 Å². The smallest absolute Gasteiger partial charge is 0.251 e. The average molecular weight is 256 g/mol. The van der Waals surface area contributed by atoms with Crippen LogP contribution in [0, 0.1) is 11.6 Å². The van der Waals surface area contributed by atoms with Gasteiger partial charge in [0.15, 0.2) is 0 Å². The fourth-order valence-corrected chi connectivity index (χ4v) is 1.83. The first-order valence-corrected chi connectivity index (χ1v) is 5.71. The van der Waals surface area contributed by atoms with E-state index in [-0.39, 0.29) is 11.6 Å². The molecule has 0 unspecified atom stereocenters. The van der Waals surface area contributed by atoms with Crippen molar-refractivity contribution in [3.8, 4) is 0 Å². The molecule has 0 atom stereocenters. The normalized spacial score (nSPS) is 16.6. The van der Waals surface area contributed by atoms with E-state index >= 15 is 0 Å². The van der Waals surface area contributed by atoms with Gasteiger partial charge in [0.2, 0.25) is 0 Å². The molecule has 1 aliphatic heterocycles. The Kier molecular flexibility index (Phi) is 3.76. The van der Waals surface area contributed by atoms with E-state index in [1.165, 1.54) is 0 Å². The van der Waals surface area contributed by atoms with Crippen molar-refractivity contribution in [1.29, 1.82) is 0 Å². The van der Waals surface area contributed by atoms with Crippen LogP contribution in [0.15, 0.2) is 12.1 Å². The highest BCUT2D eigenvalue weighted by Crippen LogP contribution is 2.17. The third kappa shape index (κ3) is 2.76. The van der Waals surface area contributed by atoms with E-state index in [4.69, 9.17) is 10.5 Å². The molecular formula is C12H14F2N2O2. The lowest BCUT2D eigenvalue weighted by Crippen LogP contribution is -2.39. The van der Waals surface area contributed by atoms with E-state index in [0.717, 1.165) is 12.1 Å². The van der Waals surface area contributed by atoms with E-state index < -0.39 is 23.2 Å². The van der Waals surface area contributed by atoms with Crippen LogP contribution in [0.4, 0.5) is 14.5 Å². The topological polar surface area (TPSA) is 64.4 Å². The molecule has 3 N–H and O–H groups in total. The van der Waals surface area contributed by atoms with Crippen LogP contribution < -0.4 is 11.1 Å². The van der Waals surface area contributed by atoms with E-state index in [1.807, 2.05) is 0 Å².